The highest BCUT2D eigenvalue weighted by Crippen LogP contribution is 2.26. The normalized spacial score (nSPS) is 19.4. The van der Waals surface area contributed by atoms with Crippen molar-refractivity contribution in [1.82, 2.24) is 5.43 Å². The third-order valence-electron chi connectivity index (χ3n) is 2.67. The maximum absolute atomic E-state index is 10.4. The lowest BCUT2D eigenvalue weighted by Gasteiger charge is -2.20. The lowest BCUT2D eigenvalue weighted by molar-refractivity contribution is 0.249. The number of hydrogen-bond acceptors (Lipinski definition) is 2. The van der Waals surface area contributed by atoms with Gasteiger partial charge < -0.3 is 5.73 Å². The molecule has 3 N–H and O–H groups in total. The summed E-state index contributed by atoms with van der Waals surface area (Å²) in [7, 11) is 0. The summed E-state index contributed by atoms with van der Waals surface area (Å²) in [6.45, 7) is 1.94. The number of urea groups is 1. The minimum Gasteiger partial charge on any atom is -0.350 e. The Morgan fingerprint density at radius 1 is 1.43 bits per heavy atom. The molecular formula is C10H19N3O. The molecule has 1 rings (SSSR count). The Morgan fingerprint density at radius 3 is 2.64 bits per heavy atom. The van der Waals surface area contributed by atoms with Crippen molar-refractivity contribution in [3.8, 4) is 0 Å². The van der Waals surface area contributed by atoms with Crippen LogP contribution in [0.15, 0.2) is 5.10 Å². The number of amides is 2. The van der Waals surface area contributed by atoms with Crippen molar-refractivity contribution < 1.29 is 4.79 Å². The Labute approximate surface area is 84.9 Å². The van der Waals surface area contributed by atoms with Crippen molar-refractivity contribution in [2.24, 2.45) is 16.8 Å². The fraction of sp³-hybridized carbons (Fsp3) is 0.800. The maximum Gasteiger partial charge on any atom is 0.332 e. The summed E-state index contributed by atoms with van der Waals surface area (Å²) in [5, 5.41) is 3.91. The molecule has 1 saturated carbocycles. The van der Waals surface area contributed by atoms with Crippen LogP contribution in [0.3, 0.4) is 0 Å². The third-order valence-corrected chi connectivity index (χ3v) is 2.67. The zero-order chi connectivity index (χ0) is 10.4. The second-order valence-corrected chi connectivity index (χ2v) is 4.03. The summed E-state index contributed by atoms with van der Waals surface area (Å²) in [6.07, 6.45) is 7.61. The standard InChI is InChI=1S/C10H19N3O/c1-8(12-13-10(11)14)7-9-5-3-2-4-6-9/h9H,2-7H2,1H3,(H3,11,13,14)/b12-8-. The van der Waals surface area contributed by atoms with Gasteiger partial charge in [0.2, 0.25) is 0 Å². The Morgan fingerprint density at radius 2 is 2.07 bits per heavy atom. The first-order valence-corrected chi connectivity index (χ1v) is 5.27. The molecule has 2 amide bonds. The van der Waals surface area contributed by atoms with Gasteiger partial charge in [0.15, 0.2) is 0 Å². The van der Waals surface area contributed by atoms with Crippen molar-refractivity contribution in [2.45, 2.75) is 45.4 Å². The zero-order valence-electron chi connectivity index (χ0n) is 8.75. The summed E-state index contributed by atoms with van der Waals surface area (Å²) in [4.78, 5) is 10.4. The van der Waals surface area contributed by atoms with Crippen LogP contribution in [-0.4, -0.2) is 11.7 Å². The molecule has 14 heavy (non-hydrogen) atoms. The molecule has 0 aromatic rings. The molecule has 4 heteroatoms. The minimum atomic E-state index is -0.590. The van der Waals surface area contributed by atoms with Crippen molar-refractivity contribution >= 4 is 11.7 Å². The van der Waals surface area contributed by atoms with E-state index >= 15 is 0 Å². The molecule has 4 nitrogen and oxygen atoms in total. The van der Waals surface area contributed by atoms with Gasteiger partial charge in [0.25, 0.3) is 0 Å². The van der Waals surface area contributed by atoms with Crippen molar-refractivity contribution in [3.05, 3.63) is 0 Å². The minimum absolute atomic E-state index is 0.590. The van der Waals surface area contributed by atoms with E-state index in [9.17, 15) is 4.79 Å². The van der Waals surface area contributed by atoms with E-state index in [1.807, 2.05) is 6.92 Å². The number of primary amides is 1. The largest absolute Gasteiger partial charge is 0.350 e. The first-order chi connectivity index (χ1) is 6.68. The monoisotopic (exact) mass is 197 g/mol. The van der Waals surface area contributed by atoms with Crippen LogP contribution in [0.5, 0.6) is 0 Å². The molecule has 0 saturated heterocycles. The van der Waals surface area contributed by atoms with Crippen molar-refractivity contribution in [2.75, 3.05) is 0 Å². The van der Waals surface area contributed by atoms with Gasteiger partial charge in [0, 0.05) is 5.71 Å². The average molecular weight is 197 g/mol. The molecule has 0 aromatic heterocycles. The van der Waals surface area contributed by atoms with E-state index < -0.39 is 6.03 Å². The smallest absolute Gasteiger partial charge is 0.332 e. The Balaban J connectivity index is 2.27. The second kappa shape index (κ2) is 5.62. The van der Waals surface area contributed by atoms with Gasteiger partial charge in [-0.2, -0.15) is 5.10 Å². The second-order valence-electron chi connectivity index (χ2n) is 4.03. The van der Waals surface area contributed by atoms with Gasteiger partial charge >= 0.3 is 6.03 Å². The van der Waals surface area contributed by atoms with Crippen LogP contribution in [0.1, 0.15) is 45.4 Å². The number of hydrogen-bond donors (Lipinski definition) is 2. The van der Waals surface area contributed by atoms with Gasteiger partial charge in [0.05, 0.1) is 0 Å². The Kier molecular flexibility index (Phi) is 4.43. The molecule has 0 unspecified atom stereocenters. The van der Waals surface area contributed by atoms with E-state index in [1.165, 1.54) is 32.1 Å². The number of rotatable bonds is 3. The van der Waals surface area contributed by atoms with Crippen LogP contribution in [0, 0.1) is 5.92 Å². The van der Waals surface area contributed by atoms with Crippen LogP contribution in [0.2, 0.25) is 0 Å². The molecule has 0 atom stereocenters. The van der Waals surface area contributed by atoms with Gasteiger partial charge in [-0.05, 0) is 19.3 Å². The first kappa shape index (κ1) is 11.0. The summed E-state index contributed by atoms with van der Waals surface area (Å²) in [5.74, 6) is 0.752. The van der Waals surface area contributed by atoms with Crippen molar-refractivity contribution in [1.29, 1.82) is 0 Å². The highest BCUT2D eigenvalue weighted by atomic mass is 16.2. The maximum atomic E-state index is 10.4. The molecule has 1 aliphatic carbocycles. The Bertz CT molecular complexity index is 219. The number of nitrogens with one attached hydrogen (secondary N) is 1. The van der Waals surface area contributed by atoms with Gasteiger partial charge in [-0.3, -0.25) is 0 Å². The van der Waals surface area contributed by atoms with Crippen LogP contribution in [0.25, 0.3) is 0 Å². The van der Waals surface area contributed by atoms with Gasteiger partial charge in [0.1, 0.15) is 0 Å². The summed E-state index contributed by atoms with van der Waals surface area (Å²) in [6, 6.07) is -0.590. The van der Waals surface area contributed by atoms with E-state index in [0.29, 0.717) is 0 Å². The fourth-order valence-electron chi connectivity index (χ4n) is 2.01. The predicted octanol–water partition coefficient (Wildman–Crippen LogP) is 2.00. The van der Waals surface area contributed by atoms with E-state index in [2.05, 4.69) is 10.5 Å². The van der Waals surface area contributed by atoms with E-state index in [-0.39, 0.29) is 0 Å². The molecule has 0 spiro atoms. The first-order valence-electron chi connectivity index (χ1n) is 5.27. The zero-order valence-corrected chi connectivity index (χ0v) is 8.75. The molecule has 80 valence electrons. The number of nitrogens with two attached hydrogens (primary N) is 1. The molecule has 0 aliphatic heterocycles. The van der Waals surface area contributed by atoms with Gasteiger partial charge in [-0.15, -0.1) is 0 Å². The average Bonchev–Trinajstić information content (AvgIpc) is 2.16. The molecule has 0 aromatic carbocycles. The SMILES string of the molecule is C/C(CC1CCCCC1)=N/NC(N)=O. The lowest BCUT2D eigenvalue weighted by atomic mass is 9.86. The third kappa shape index (κ3) is 4.25. The molecule has 0 bridgehead atoms. The van der Waals surface area contributed by atoms with Crippen LogP contribution >= 0.6 is 0 Å². The lowest BCUT2D eigenvalue weighted by Crippen LogP contribution is -2.25. The molecule has 0 radical (unpaired) electrons. The molecular weight excluding hydrogens is 178 g/mol. The van der Waals surface area contributed by atoms with Crippen LogP contribution < -0.4 is 11.2 Å². The summed E-state index contributed by atoms with van der Waals surface area (Å²) in [5.41, 5.74) is 8.15. The predicted molar refractivity (Wildman–Crippen MR) is 57.0 cm³/mol. The number of carbonyl (C=O) groups excluding carboxylic acids is 1. The van der Waals surface area contributed by atoms with Crippen molar-refractivity contribution in [3.63, 3.8) is 0 Å². The van der Waals surface area contributed by atoms with E-state index in [1.54, 1.807) is 0 Å². The van der Waals surface area contributed by atoms with E-state index in [0.717, 1.165) is 18.1 Å². The van der Waals surface area contributed by atoms with Crippen LogP contribution in [-0.2, 0) is 0 Å². The Hall–Kier alpha value is -1.06. The fourth-order valence-corrected chi connectivity index (χ4v) is 2.01. The molecule has 0 heterocycles. The topological polar surface area (TPSA) is 67.5 Å². The summed E-state index contributed by atoms with van der Waals surface area (Å²) < 4.78 is 0. The van der Waals surface area contributed by atoms with Crippen LogP contribution in [0.4, 0.5) is 4.79 Å². The quantitative estimate of drug-likeness (QED) is 0.527. The molecule has 1 aliphatic rings. The van der Waals surface area contributed by atoms with E-state index in [4.69, 9.17) is 5.73 Å². The number of carbonyl (C=O) groups is 1. The number of nitrogens with zero attached hydrogens (tertiary/aromatic N) is 1. The van der Waals surface area contributed by atoms with Gasteiger partial charge in [-0.1, -0.05) is 32.1 Å². The summed E-state index contributed by atoms with van der Waals surface area (Å²) >= 11 is 0. The highest BCUT2D eigenvalue weighted by Gasteiger charge is 2.13. The molecule has 1 fully saturated rings. The van der Waals surface area contributed by atoms with Gasteiger partial charge in [-0.25, -0.2) is 10.2 Å². The number of hydrazone groups is 1. The highest BCUT2D eigenvalue weighted by molar-refractivity contribution is 5.83.